The zero-order valence-electron chi connectivity index (χ0n) is 10.6. The fraction of sp³-hybridized carbons (Fsp3) is 0.333. The van der Waals surface area contributed by atoms with Gasteiger partial charge in [-0.15, -0.1) is 0 Å². The minimum Gasteiger partial charge on any atom is -0.363 e. The van der Waals surface area contributed by atoms with Crippen LogP contribution in [0, 0.1) is 6.92 Å². The Labute approximate surface area is 107 Å². The molecule has 0 fully saturated rings. The van der Waals surface area contributed by atoms with Gasteiger partial charge in [-0.05, 0) is 43.4 Å². The molecule has 1 heterocycles. The number of aromatic nitrogens is 2. The molecular formula is C15H17N3. The van der Waals surface area contributed by atoms with Gasteiger partial charge in [-0.3, -0.25) is 0 Å². The van der Waals surface area contributed by atoms with Gasteiger partial charge in [0.05, 0.1) is 6.04 Å². The van der Waals surface area contributed by atoms with Crippen molar-refractivity contribution in [1.29, 1.82) is 0 Å². The Morgan fingerprint density at radius 3 is 3.00 bits per heavy atom. The summed E-state index contributed by atoms with van der Waals surface area (Å²) in [5.41, 5.74) is 2.88. The van der Waals surface area contributed by atoms with Crippen molar-refractivity contribution in [3.8, 4) is 0 Å². The average Bonchev–Trinajstić information content (AvgIpc) is 2.39. The van der Waals surface area contributed by atoms with Crippen molar-refractivity contribution in [2.75, 3.05) is 5.32 Å². The lowest BCUT2D eigenvalue weighted by molar-refractivity contribution is 0.598. The van der Waals surface area contributed by atoms with E-state index in [1.54, 1.807) is 6.20 Å². The van der Waals surface area contributed by atoms with Gasteiger partial charge in [0.15, 0.2) is 0 Å². The summed E-state index contributed by atoms with van der Waals surface area (Å²) < 4.78 is 0. The van der Waals surface area contributed by atoms with Crippen LogP contribution >= 0.6 is 0 Å². The lowest BCUT2D eigenvalue weighted by atomic mass is 9.88. The zero-order chi connectivity index (χ0) is 12.4. The minimum atomic E-state index is 0.379. The average molecular weight is 239 g/mol. The first-order chi connectivity index (χ1) is 8.83. The van der Waals surface area contributed by atoms with Crippen LogP contribution in [-0.4, -0.2) is 9.97 Å². The van der Waals surface area contributed by atoms with Gasteiger partial charge in [0, 0.05) is 6.20 Å². The standard InChI is InChI=1S/C15H17N3/c1-11-16-10-9-15(17-11)18-14-8-4-6-12-5-2-3-7-13(12)14/h2-3,5,7,9-10,14H,4,6,8H2,1H3,(H,16,17,18). The van der Waals surface area contributed by atoms with Crippen molar-refractivity contribution in [3.05, 3.63) is 53.5 Å². The number of hydrogen-bond donors (Lipinski definition) is 1. The van der Waals surface area contributed by atoms with E-state index < -0.39 is 0 Å². The summed E-state index contributed by atoms with van der Waals surface area (Å²) in [4.78, 5) is 8.54. The third-order valence-corrected chi connectivity index (χ3v) is 3.47. The molecule has 18 heavy (non-hydrogen) atoms. The number of benzene rings is 1. The van der Waals surface area contributed by atoms with Gasteiger partial charge in [-0.2, -0.15) is 0 Å². The number of aryl methyl sites for hydroxylation is 2. The van der Waals surface area contributed by atoms with E-state index in [1.807, 2.05) is 13.0 Å². The second kappa shape index (κ2) is 4.77. The van der Waals surface area contributed by atoms with Crippen molar-refractivity contribution in [2.45, 2.75) is 32.2 Å². The van der Waals surface area contributed by atoms with E-state index in [1.165, 1.54) is 30.4 Å². The molecular weight excluding hydrogens is 222 g/mol. The molecule has 1 aromatic heterocycles. The van der Waals surface area contributed by atoms with Crippen LogP contribution in [0.25, 0.3) is 0 Å². The number of nitrogens with zero attached hydrogens (tertiary/aromatic N) is 2. The molecule has 3 rings (SSSR count). The molecule has 0 saturated heterocycles. The minimum absolute atomic E-state index is 0.379. The molecule has 1 atom stereocenters. The number of fused-ring (bicyclic) bond motifs is 1. The SMILES string of the molecule is Cc1nccc(NC2CCCc3ccccc32)n1. The predicted octanol–water partition coefficient (Wildman–Crippen LogP) is 3.27. The monoisotopic (exact) mass is 239 g/mol. The summed E-state index contributed by atoms with van der Waals surface area (Å²) in [6.45, 7) is 1.92. The molecule has 1 unspecified atom stereocenters. The maximum Gasteiger partial charge on any atom is 0.130 e. The van der Waals surface area contributed by atoms with Gasteiger partial charge < -0.3 is 5.32 Å². The van der Waals surface area contributed by atoms with Crippen LogP contribution < -0.4 is 5.32 Å². The largest absolute Gasteiger partial charge is 0.363 e. The third-order valence-electron chi connectivity index (χ3n) is 3.47. The highest BCUT2D eigenvalue weighted by Gasteiger charge is 2.19. The van der Waals surface area contributed by atoms with Crippen LogP contribution in [0.1, 0.15) is 35.8 Å². The van der Waals surface area contributed by atoms with E-state index in [0.29, 0.717) is 6.04 Å². The maximum atomic E-state index is 4.42. The summed E-state index contributed by atoms with van der Waals surface area (Å²) in [6, 6.07) is 11.0. The Bertz CT molecular complexity index is 551. The van der Waals surface area contributed by atoms with Crippen LogP contribution in [0.2, 0.25) is 0 Å². The molecule has 3 heteroatoms. The van der Waals surface area contributed by atoms with E-state index >= 15 is 0 Å². The second-order valence-corrected chi connectivity index (χ2v) is 4.78. The Balaban J connectivity index is 1.86. The van der Waals surface area contributed by atoms with E-state index in [0.717, 1.165) is 11.6 Å². The summed E-state index contributed by atoms with van der Waals surface area (Å²) in [5.74, 6) is 1.73. The smallest absolute Gasteiger partial charge is 0.130 e. The molecule has 1 aromatic carbocycles. The van der Waals surface area contributed by atoms with Crippen molar-refractivity contribution < 1.29 is 0 Å². The number of nitrogens with one attached hydrogen (secondary N) is 1. The van der Waals surface area contributed by atoms with Crippen LogP contribution in [0.4, 0.5) is 5.82 Å². The summed E-state index contributed by atoms with van der Waals surface area (Å²) >= 11 is 0. The van der Waals surface area contributed by atoms with Crippen LogP contribution in [0.3, 0.4) is 0 Å². The van der Waals surface area contributed by atoms with Crippen molar-refractivity contribution in [1.82, 2.24) is 9.97 Å². The molecule has 0 radical (unpaired) electrons. The molecule has 92 valence electrons. The van der Waals surface area contributed by atoms with Gasteiger partial charge in [0.2, 0.25) is 0 Å². The van der Waals surface area contributed by atoms with E-state index in [9.17, 15) is 0 Å². The van der Waals surface area contributed by atoms with E-state index in [4.69, 9.17) is 0 Å². The number of rotatable bonds is 2. The van der Waals surface area contributed by atoms with Crippen molar-refractivity contribution in [2.24, 2.45) is 0 Å². The van der Waals surface area contributed by atoms with Gasteiger partial charge >= 0.3 is 0 Å². The molecule has 0 spiro atoms. The molecule has 0 aliphatic heterocycles. The fourth-order valence-corrected chi connectivity index (χ4v) is 2.62. The Morgan fingerprint density at radius 2 is 2.11 bits per heavy atom. The lowest BCUT2D eigenvalue weighted by Crippen LogP contribution is -2.18. The summed E-state index contributed by atoms with van der Waals surface area (Å²) in [7, 11) is 0. The highest BCUT2D eigenvalue weighted by atomic mass is 15.0. The summed E-state index contributed by atoms with van der Waals surface area (Å²) in [5, 5.41) is 3.53. The Hall–Kier alpha value is -1.90. The Morgan fingerprint density at radius 1 is 1.22 bits per heavy atom. The zero-order valence-corrected chi connectivity index (χ0v) is 10.6. The molecule has 1 aliphatic carbocycles. The maximum absolute atomic E-state index is 4.42. The highest BCUT2D eigenvalue weighted by molar-refractivity contribution is 5.41. The first-order valence-corrected chi connectivity index (χ1v) is 6.47. The number of hydrogen-bond acceptors (Lipinski definition) is 3. The predicted molar refractivity (Wildman–Crippen MR) is 72.5 cm³/mol. The molecule has 1 aliphatic rings. The third kappa shape index (κ3) is 2.21. The molecule has 1 N–H and O–H groups in total. The van der Waals surface area contributed by atoms with Crippen molar-refractivity contribution in [3.63, 3.8) is 0 Å². The molecule has 0 bridgehead atoms. The van der Waals surface area contributed by atoms with Gasteiger partial charge in [0.25, 0.3) is 0 Å². The Kier molecular flexibility index (Phi) is 2.97. The molecule has 2 aromatic rings. The van der Waals surface area contributed by atoms with E-state index in [2.05, 4.69) is 39.6 Å². The molecule has 3 nitrogen and oxygen atoms in total. The normalized spacial score (nSPS) is 18.2. The first kappa shape index (κ1) is 11.2. The molecule has 0 saturated carbocycles. The molecule has 0 amide bonds. The highest BCUT2D eigenvalue weighted by Crippen LogP contribution is 2.31. The number of anilines is 1. The first-order valence-electron chi connectivity index (χ1n) is 6.47. The van der Waals surface area contributed by atoms with Crippen LogP contribution in [-0.2, 0) is 6.42 Å². The topological polar surface area (TPSA) is 37.8 Å². The van der Waals surface area contributed by atoms with Gasteiger partial charge in [0.1, 0.15) is 11.6 Å². The van der Waals surface area contributed by atoms with Crippen LogP contribution in [0.5, 0.6) is 0 Å². The van der Waals surface area contributed by atoms with E-state index in [-0.39, 0.29) is 0 Å². The van der Waals surface area contributed by atoms with Gasteiger partial charge in [-0.25, -0.2) is 9.97 Å². The fourth-order valence-electron chi connectivity index (χ4n) is 2.62. The lowest BCUT2D eigenvalue weighted by Gasteiger charge is -2.26. The van der Waals surface area contributed by atoms with Crippen LogP contribution in [0.15, 0.2) is 36.5 Å². The quantitative estimate of drug-likeness (QED) is 0.874. The van der Waals surface area contributed by atoms with Gasteiger partial charge in [-0.1, -0.05) is 24.3 Å². The van der Waals surface area contributed by atoms with Crippen molar-refractivity contribution >= 4 is 5.82 Å². The second-order valence-electron chi connectivity index (χ2n) is 4.78. The summed E-state index contributed by atoms with van der Waals surface area (Å²) in [6.07, 6.45) is 5.40.